The molecule has 0 saturated carbocycles. The molecular weight excluding hydrogens is 413 g/mol. The van der Waals surface area contributed by atoms with E-state index in [1.807, 2.05) is 6.07 Å². The normalized spacial score (nSPS) is 10.5. The fraction of sp³-hybridized carbons (Fsp3) is 0.105. The molecule has 2 aromatic carbocycles. The number of nitrogens with zero attached hydrogens (tertiary/aromatic N) is 2. The molecule has 1 N–H and O–H groups in total. The molecule has 0 unspecified atom stereocenters. The summed E-state index contributed by atoms with van der Waals surface area (Å²) in [5.74, 6) is -1.65. The van der Waals surface area contributed by atoms with Crippen molar-refractivity contribution in [1.29, 1.82) is 5.26 Å². The van der Waals surface area contributed by atoms with Gasteiger partial charge in [-0.1, -0.05) is 29.5 Å². The number of hydrogen-bond donors (Lipinski definition) is 1. The maximum absolute atomic E-state index is 12.6. The van der Waals surface area contributed by atoms with Crippen molar-refractivity contribution < 1.29 is 26.7 Å². The van der Waals surface area contributed by atoms with Gasteiger partial charge in [-0.25, -0.2) is 13.8 Å². The van der Waals surface area contributed by atoms with Crippen LogP contribution in [0.5, 0.6) is 0 Å². The second-order valence-electron chi connectivity index (χ2n) is 5.39. The molecule has 29 heavy (non-hydrogen) atoms. The minimum absolute atomic E-state index is 0.119. The Morgan fingerprint density at radius 3 is 2.24 bits per heavy atom. The van der Waals surface area contributed by atoms with Gasteiger partial charge in [0.1, 0.15) is 17.7 Å². The SMILES string of the molecule is CNc1nc(C#N)c(-c2cccc(C(F)(F)F)c2)s1.O=Cc1c(F)cccc1F. The zero-order chi connectivity index (χ0) is 21.6. The summed E-state index contributed by atoms with van der Waals surface area (Å²) in [7, 11) is 1.63. The first-order chi connectivity index (χ1) is 13.7. The fourth-order valence-electron chi connectivity index (χ4n) is 2.16. The Kier molecular flexibility index (Phi) is 7.01. The van der Waals surface area contributed by atoms with Crippen LogP contribution in [-0.4, -0.2) is 18.3 Å². The molecule has 0 aliphatic rings. The van der Waals surface area contributed by atoms with Crippen LogP contribution in [0, 0.1) is 23.0 Å². The van der Waals surface area contributed by atoms with E-state index in [0.717, 1.165) is 35.6 Å². The Hall–Kier alpha value is -3.32. The standard InChI is InChI=1S/C12H8F3N3S.C7H4F2O/c1-17-11-18-9(6-16)10(19-11)7-3-2-4-8(5-7)12(13,14)15;8-6-2-1-3-7(9)5(6)4-10/h2-5H,1H3,(H,17,18);1-4H. The van der Waals surface area contributed by atoms with Crippen LogP contribution >= 0.6 is 11.3 Å². The van der Waals surface area contributed by atoms with E-state index >= 15 is 0 Å². The first kappa shape index (κ1) is 22.0. The van der Waals surface area contributed by atoms with Crippen LogP contribution in [0.2, 0.25) is 0 Å². The summed E-state index contributed by atoms with van der Waals surface area (Å²) in [5.41, 5.74) is -0.796. The molecule has 0 atom stereocenters. The van der Waals surface area contributed by atoms with Crippen LogP contribution in [0.15, 0.2) is 42.5 Å². The van der Waals surface area contributed by atoms with Gasteiger partial charge in [0.05, 0.1) is 16.0 Å². The zero-order valence-corrected chi connectivity index (χ0v) is 15.5. The fourth-order valence-corrected chi connectivity index (χ4v) is 3.02. The lowest BCUT2D eigenvalue weighted by Crippen LogP contribution is -2.04. The van der Waals surface area contributed by atoms with Crippen molar-refractivity contribution in [2.24, 2.45) is 0 Å². The lowest BCUT2D eigenvalue weighted by Gasteiger charge is -2.07. The summed E-state index contributed by atoms with van der Waals surface area (Å²) < 4.78 is 62.7. The van der Waals surface area contributed by atoms with Gasteiger partial charge in [0.25, 0.3) is 0 Å². The number of nitrogens with one attached hydrogen (secondary N) is 1. The number of halogens is 5. The molecular formula is C19H12F5N3OS. The quantitative estimate of drug-likeness (QED) is 0.443. The topological polar surface area (TPSA) is 65.8 Å². The lowest BCUT2D eigenvalue weighted by atomic mass is 10.1. The predicted octanol–water partition coefficient (Wildman–Crippen LogP) is 5.52. The Morgan fingerprint density at radius 1 is 1.14 bits per heavy atom. The molecule has 1 aromatic heterocycles. The summed E-state index contributed by atoms with van der Waals surface area (Å²) >= 11 is 1.14. The van der Waals surface area contributed by atoms with Crippen molar-refractivity contribution in [3.8, 4) is 16.5 Å². The van der Waals surface area contributed by atoms with Crippen LogP contribution in [0.1, 0.15) is 21.6 Å². The highest BCUT2D eigenvalue weighted by molar-refractivity contribution is 7.19. The Balaban J connectivity index is 0.000000253. The van der Waals surface area contributed by atoms with E-state index in [1.165, 1.54) is 18.2 Å². The number of aldehydes is 1. The molecule has 0 aliphatic heterocycles. The van der Waals surface area contributed by atoms with Crippen molar-refractivity contribution in [3.05, 3.63) is 70.9 Å². The van der Waals surface area contributed by atoms with Gasteiger partial charge in [0, 0.05) is 7.05 Å². The molecule has 1 heterocycles. The number of alkyl halides is 3. The molecule has 3 aromatic rings. The van der Waals surface area contributed by atoms with E-state index < -0.39 is 28.9 Å². The van der Waals surface area contributed by atoms with Gasteiger partial charge in [0.2, 0.25) is 0 Å². The highest BCUT2D eigenvalue weighted by Gasteiger charge is 2.30. The minimum atomic E-state index is -4.40. The van der Waals surface area contributed by atoms with Gasteiger partial charge in [-0.15, -0.1) is 0 Å². The molecule has 0 saturated heterocycles. The van der Waals surface area contributed by atoms with Gasteiger partial charge in [-0.05, 0) is 29.8 Å². The summed E-state index contributed by atoms with van der Waals surface area (Å²) in [6.07, 6.45) is -4.25. The van der Waals surface area contributed by atoms with Crippen LogP contribution in [0.3, 0.4) is 0 Å². The predicted molar refractivity (Wildman–Crippen MR) is 98.6 cm³/mol. The number of aromatic nitrogens is 1. The summed E-state index contributed by atoms with van der Waals surface area (Å²) in [6, 6.07) is 10.0. The van der Waals surface area contributed by atoms with E-state index in [1.54, 1.807) is 7.05 Å². The van der Waals surface area contributed by atoms with E-state index in [2.05, 4.69) is 10.3 Å². The smallest absolute Gasteiger partial charge is 0.365 e. The number of carbonyl (C=O) groups excluding carboxylic acids is 1. The molecule has 0 amide bonds. The second kappa shape index (κ2) is 9.25. The zero-order valence-electron chi connectivity index (χ0n) is 14.7. The van der Waals surface area contributed by atoms with E-state index in [-0.39, 0.29) is 12.0 Å². The molecule has 10 heteroatoms. The second-order valence-corrected chi connectivity index (χ2v) is 6.39. The number of nitriles is 1. The monoisotopic (exact) mass is 425 g/mol. The van der Waals surface area contributed by atoms with Gasteiger partial charge in [-0.2, -0.15) is 18.4 Å². The summed E-state index contributed by atoms with van der Waals surface area (Å²) in [5, 5.41) is 12.2. The highest BCUT2D eigenvalue weighted by Crippen LogP contribution is 2.36. The summed E-state index contributed by atoms with van der Waals surface area (Å²) in [6.45, 7) is 0. The van der Waals surface area contributed by atoms with Crippen molar-refractivity contribution in [3.63, 3.8) is 0 Å². The van der Waals surface area contributed by atoms with Gasteiger partial charge >= 0.3 is 6.18 Å². The van der Waals surface area contributed by atoms with E-state index in [0.29, 0.717) is 15.6 Å². The molecule has 4 nitrogen and oxygen atoms in total. The van der Waals surface area contributed by atoms with Crippen molar-refractivity contribution in [2.75, 3.05) is 12.4 Å². The van der Waals surface area contributed by atoms with Crippen LogP contribution in [-0.2, 0) is 6.18 Å². The number of rotatable bonds is 3. The molecule has 3 rings (SSSR count). The van der Waals surface area contributed by atoms with Crippen molar-refractivity contribution in [2.45, 2.75) is 6.18 Å². The Bertz CT molecular complexity index is 1040. The highest BCUT2D eigenvalue weighted by atomic mass is 32.1. The van der Waals surface area contributed by atoms with Gasteiger partial charge in [0.15, 0.2) is 17.1 Å². The number of thiazole rings is 1. The van der Waals surface area contributed by atoms with Crippen molar-refractivity contribution in [1.82, 2.24) is 4.98 Å². The number of benzene rings is 2. The first-order valence-corrected chi connectivity index (χ1v) is 8.68. The third-order valence-electron chi connectivity index (χ3n) is 3.52. The third-order valence-corrected chi connectivity index (χ3v) is 4.64. The molecule has 150 valence electrons. The average Bonchev–Trinajstić information content (AvgIpc) is 3.12. The minimum Gasteiger partial charge on any atom is -0.365 e. The molecule has 0 radical (unpaired) electrons. The van der Waals surface area contributed by atoms with Crippen LogP contribution < -0.4 is 5.32 Å². The Morgan fingerprint density at radius 2 is 1.76 bits per heavy atom. The maximum Gasteiger partial charge on any atom is 0.416 e. The molecule has 0 bridgehead atoms. The average molecular weight is 425 g/mol. The first-order valence-electron chi connectivity index (χ1n) is 7.86. The van der Waals surface area contributed by atoms with Gasteiger partial charge in [-0.3, -0.25) is 4.79 Å². The number of hydrogen-bond acceptors (Lipinski definition) is 5. The number of carbonyl (C=O) groups is 1. The van der Waals surface area contributed by atoms with Crippen molar-refractivity contribution >= 4 is 22.8 Å². The third kappa shape index (κ3) is 5.36. The molecule has 0 aliphatic carbocycles. The number of anilines is 1. The van der Waals surface area contributed by atoms with E-state index in [9.17, 15) is 26.7 Å². The van der Waals surface area contributed by atoms with Gasteiger partial charge < -0.3 is 5.32 Å². The molecule has 0 fully saturated rings. The molecule has 0 spiro atoms. The lowest BCUT2D eigenvalue weighted by molar-refractivity contribution is -0.137. The Labute approximate surface area is 166 Å². The van der Waals surface area contributed by atoms with Crippen LogP contribution in [0.25, 0.3) is 10.4 Å². The summed E-state index contributed by atoms with van der Waals surface area (Å²) in [4.78, 5) is 14.4. The van der Waals surface area contributed by atoms with Crippen LogP contribution in [0.4, 0.5) is 27.1 Å². The largest absolute Gasteiger partial charge is 0.416 e. The van der Waals surface area contributed by atoms with E-state index in [4.69, 9.17) is 5.26 Å². The maximum atomic E-state index is 12.6.